The summed E-state index contributed by atoms with van der Waals surface area (Å²) in [4.78, 5) is 22.2. The zero-order valence-corrected chi connectivity index (χ0v) is 18.6. The quantitative estimate of drug-likeness (QED) is 0.621. The van der Waals surface area contributed by atoms with E-state index in [1.54, 1.807) is 26.0 Å². The van der Waals surface area contributed by atoms with Crippen LogP contribution in [0.1, 0.15) is 51.0 Å². The van der Waals surface area contributed by atoms with Crippen LogP contribution in [0.25, 0.3) is 5.95 Å². The molecule has 4 rings (SSSR count). The van der Waals surface area contributed by atoms with Gasteiger partial charge in [-0.1, -0.05) is 0 Å². The minimum Gasteiger partial charge on any atom is -0.493 e. The maximum atomic E-state index is 13.1. The molecule has 0 saturated carbocycles. The highest BCUT2D eigenvalue weighted by atomic mass is 16.5. The van der Waals surface area contributed by atoms with Gasteiger partial charge in [0.25, 0.3) is 5.95 Å². The van der Waals surface area contributed by atoms with E-state index in [9.17, 15) is 4.79 Å². The lowest BCUT2D eigenvalue weighted by Gasteiger charge is -2.24. The third-order valence-corrected chi connectivity index (χ3v) is 5.62. The number of methoxy groups -OCH3 is 3. The fraction of sp³-hybridized carbons (Fsp3) is 0.391. The second kappa shape index (κ2) is 8.02. The van der Waals surface area contributed by atoms with Crippen molar-refractivity contribution in [3.05, 3.63) is 52.1 Å². The molecular weight excluding hydrogens is 396 g/mol. The van der Waals surface area contributed by atoms with Gasteiger partial charge in [0.05, 0.1) is 38.3 Å². The van der Waals surface area contributed by atoms with Crippen molar-refractivity contribution in [3.63, 3.8) is 0 Å². The Bertz CT molecular complexity index is 1120. The van der Waals surface area contributed by atoms with Crippen LogP contribution < -0.4 is 14.2 Å². The number of Topliss-reactive ketones (excluding diaryl/α,β-unsaturated/α-hetero) is 1. The van der Waals surface area contributed by atoms with Crippen LogP contribution >= 0.6 is 0 Å². The number of ether oxygens (including phenoxy) is 3. The molecule has 0 spiro atoms. The Morgan fingerprint density at radius 1 is 0.903 bits per heavy atom. The topological polar surface area (TPSA) is 88.4 Å². The molecule has 162 valence electrons. The molecule has 0 radical (unpaired) electrons. The Kier molecular flexibility index (Phi) is 5.39. The molecule has 0 N–H and O–H groups in total. The molecule has 8 nitrogen and oxygen atoms in total. The number of aryl methyl sites for hydroxylation is 3. The summed E-state index contributed by atoms with van der Waals surface area (Å²) in [5.41, 5.74) is 4.86. The summed E-state index contributed by atoms with van der Waals surface area (Å²) in [6, 6.07) is 5.73. The van der Waals surface area contributed by atoms with Gasteiger partial charge < -0.3 is 14.2 Å². The van der Waals surface area contributed by atoms with E-state index in [2.05, 4.69) is 15.1 Å². The molecule has 1 atom stereocenters. The molecule has 8 heteroatoms. The predicted octanol–water partition coefficient (Wildman–Crippen LogP) is 3.53. The van der Waals surface area contributed by atoms with Crippen LogP contribution in [0.2, 0.25) is 0 Å². The molecule has 31 heavy (non-hydrogen) atoms. The number of rotatable bonds is 5. The smallest absolute Gasteiger partial charge is 0.251 e. The van der Waals surface area contributed by atoms with E-state index in [1.807, 2.05) is 39.0 Å². The molecule has 1 aliphatic rings. The lowest BCUT2D eigenvalue weighted by molar-refractivity contribution is 0.0963. The number of nitrogens with zero attached hydrogens (tertiary/aromatic N) is 4. The highest BCUT2D eigenvalue weighted by molar-refractivity contribution is 6.00. The van der Waals surface area contributed by atoms with Crippen LogP contribution in [0, 0.1) is 20.8 Å². The summed E-state index contributed by atoms with van der Waals surface area (Å²) in [7, 11) is 4.74. The summed E-state index contributed by atoms with van der Waals surface area (Å²) < 4.78 is 18.2. The van der Waals surface area contributed by atoms with E-state index in [0.29, 0.717) is 47.3 Å². The zero-order chi connectivity index (χ0) is 22.3. The summed E-state index contributed by atoms with van der Waals surface area (Å²) in [6.07, 6.45) is 1.00. The van der Waals surface area contributed by atoms with E-state index in [4.69, 9.17) is 14.2 Å². The lowest BCUT2D eigenvalue weighted by atomic mass is 9.81. The standard InChI is InChI=1S/C23H26N4O4/c1-12-7-13(2)25-23(24-12)27-17-8-15(9-18(28)21(17)14(3)26-27)16-10-19(29-4)22(31-6)20(11-16)30-5/h7,10-11,15H,8-9H2,1-6H3/t15-/m0/s1. The van der Waals surface area contributed by atoms with Crippen LogP contribution in [-0.2, 0) is 6.42 Å². The number of ketones is 1. The van der Waals surface area contributed by atoms with E-state index < -0.39 is 0 Å². The molecule has 1 aliphatic carbocycles. The molecule has 3 aromatic rings. The summed E-state index contributed by atoms with van der Waals surface area (Å²) in [6.45, 7) is 5.70. The first kappa shape index (κ1) is 20.8. The van der Waals surface area contributed by atoms with E-state index in [0.717, 1.165) is 22.6 Å². The van der Waals surface area contributed by atoms with Crippen LogP contribution in [0.5, 0.6) is 17.2 Å². The third-order valence-electron chi connectivity index (χ3n) is 5.62. The van der Waals surface area contributed by atoms with Crippen molar-refractivity contribution < 1.29 is 19.0 Å². The fourth-order valence-electron chi connectivity index (χ4n) is 4.30. The molecular formula is C23H26N4O4. The number of benzene rings is 1. The molecule has 2 aromatic heterocycles. The molecule has 2 heterocycles. The number of fused-ring (bicyclic) bond motifs is 1. The fourth-order valence-corrected chi connectivity index (χ4v) is 4.30. The van der Waals surface area contributed by atoms with E-state index in [-0.39, 0.29) is 11.7 Å². The SMILES string of the molecule is COc1cc([C@@H]2CC(=O)c3c(C)nn(-c4nc(C)cc(C)n4)c3C2)cc(OC)c1OC. The summed E-state index contributed by atoms with van der Waals surface area (Å²) >= 11 is 0. The number of carbonyl (C=O) groups is 1. The van der Waals surface area contributed by atoms with Gasteiger partial charge >= 0.3 is 0 Å². The van der Waals surface area contributed by atoms with Crippen molar-refractivity contribution in [2.75, 3.05) is 21.3 Å². The number of carbonyl (C=O) groups excluding carboxylic acids is 1. The van der Waals surface area contributed by atoms with Crippen molar-refractivity contribution >= 4 is 5.78 Å². The largest absolute Gasteiger partial charge is 0.493 e. The van der Waals surface area contributed by atoms with Gasteiger partial charge in [0.1, 0.15) is 0 Å². The summed E-state index contributed by atoms with van der Waals surface area (Å²) in [5, 5.41) is 4.62. The highest BCUT2D eigenvalue weighted by Gasteiger charge is 2.33. The van der Waals surface area contributed by atoms with Gasteiger partial charge in [-0.25, -0.2) is 14.6 Å². The third kappa shape index (κ3) is 3.62. The Hall–Kier alpha value is -3.42. The zero-order valence-electron chi connectivity index (χ0n) is 18.6. The van der Waals surface area contributed by atoms with E-state index >= 15 is 0 Å². The van der Waals surface area contributed by atoms with Crippen LogP contribution in [0.3, 0.4) is 0 Å². The Morgan fingerprint density at radius 2 is 1.52 bits per heavy atom. The average molecular weight is 422 g/mol. The van der Waals surface area contributed by atoms with Crippen LogP contribution in [0.4, 0.5) is 0 Å². The number of hydrogen-bond acceptors (Lipinski definition) is 7. The van der Waals surface area contributed by atoms with Gasteiger partial charge in [-0.2, -0.15) is 5.10 Å². The lowest BCUT2D eigenvalue weighted by Crippen LogP contribution is -2.21. The van der Waals surface area contributed by atoms with Gasteiger partial charge in [-0.3, -0.25) is 4.79 Å². The molecule has 0 saturated heterocycles. The van der Waals surface area contributed by atoms with Gasteiger partial charge in [-0.15, -0.1) is 0 Å². The highest BCUT2D eigenvalue weighted by Crippen LogP contribution is 2.43. The molecule has 0 aliphatic heterocycles. The van der Waals surface area contributed by atoms with Crippen molar-refractivity contribution in [2.24, 2.45) is 0 Å². The second-order valence-corrected chi connectivity index (χ2v) is 7.76. The van der Waals surface area contributed by atoms with Crippen molar-refractivity contribution in [1.82, 2.24) is 19.7 Å². The molecule has 1 aromatic carbocycles. The monoisotopic (exact) mass is 422 g/mol. The molecule has 0 unspecified atom stereocenters. The minimum atomic E-state index is -0.0607. The Labute approximate surface area is 181 Å². The van der Waals surface area contributed by atoms with Gasteiger partial charge in [-0.05, 0) is 56.9 Å². The number of hydrogen-bond donors (Lipinski definition) is 0. The Balaban J connectivity index is 1.81. The Morgan fingerprint density at radius 3 is 2.06 bits per heavy atom. The minimum absolute atomic E-state index is 0.0607. The first-order valence-electron chi connectivity index (χ1n) is 10.1. The van der Waals surface area contributed by atoms with Gasteiger partial charge in [0.2, 0.25) is 5.75 Å². The summed E-state index contributed by atoms with van der Waals surface area (Å²) in [5.74, 6) is 2.15. The second-order valence-electron chi connectivity index (χ2n) is 7.76. The average Bonchev–Trinajstić information content (AvgIpc) is 3.08. The molecule has 0 fully saturated rings. The van der Waals surface area contributed by atoms with Gasteiger partial charge in [0, 0.05) is 17.8 Å². The maximum Gasteiger partial charge on any atom is 0.251 e. The first-order valence-corrected chi connectivity index (χ1v) is 10.1. The van der Waals surface area contributed by atoms with Crippen LogP contribution in [-0.4, -0.2) is 46.9 Å². The molecule has 0 bridgehead atoms. The predicted molar refractivity (Wildman–Crippen MR) is 115 cm³/mol. The maximum absolute atomic E-state index is 13.1. The number of aromatic nitrogens is 4. The van der Waals surface area contributed by atoms with Crippen LogP contribution in [0.15, 0.2) is 18.2 Å². The normalized spacial score (nSPS) is 15.5. The van der Waals surface area contributed by atoms with Crippen molar-refractivity contribution in [3.8, 4) is 23.2 Å². The van der Waals surface area contributed by atoms with Crippen molar-refractivity contribution in [2.45, 2.75) is 39.5 Å². The van der Waals surface area contributed by atoms with Gasteiger partial charge in [0.15, 0.2) is 17.3 Å². The van der Waals surface area contributed by atoms with E-state index in [1.165, 1.54) is 0 Å². The first-order chi connectivity index (χ1) is 14.9. The van der Waals surface area contributed by atoms with Crippen molar-refractivity contribution in [1.29, 1.82) is 0 Å². The molecule has 0 amide bonds.